The fourth-order valence-corrected chi connectivity index (χ4v) is 9.04. The van der Waals surface area contributed by atoms with Crippen LogP contribution in [0.25, 0.3) is 34.2 Å². The van der Waals surface area contributed by atoms with Gasteiger partial charge in [-0.1, -0.05) is 0 Å². The van der Waals surface area contributed by atoms with Gasteiger partial charge in [0.15, 0.2) is 17.5 Å². The Balaban J connectivity index is 0.000000176. The number of methoxy groups -OCH3 is 3. The molecule has 21 nitrogen and oxygen atoms in total. The lowest BCUT2D eigenvalue weighted by Crippen LogP contribution is -2.44. The highest BCUT2D eigenvalue weighted by molar-refractivity contribution is 9.10. The maximum Gasteiger partial charge on any atom is 0.246 e. The number of hydrogen-bond donors (Lipinski definition) is 1. The third kappa shape index (κ3) is 21.3. The average molecular weight is 1330 g/mol. The predicted molar refractivity (Wildman–Crippen MR) is 356 cm³/mol. The number of anilines is 2. The zero-order valence-corrected chi connectivity index (χ0v) is 54.4. The van der Waals surface area contributed by atoms with Crippen LogP contribution >= 0.6 is 51.5 Å². The molecule has 0 bridgehead atoms. The highest BCUT2D eigenvalue weighted by Crippen LogP contribution is 2.36. The first-order chi connectivity index (χ1) is 43.0. The minimum absolute atomic E-state index is 0. The maximum atomic E-state index is 6.17. The van der Waals surface area contributed by atoms with Crippen molar-refractivity contribution in [2.45, 2.75) is 0 Å². The SMILES string of the molecule is CN1CCNCC1.COc1ccc(Oc2nc(-c3cccnc3)ncc2Br)cc1.COc1ccc(Oc2nc(-c3cccnc3)ncc2N2CCN(C)CC2)cc1.COc1ccc(Oc2nc(-c3cccnc3)ncc2N2CCN(C)CC2)cc1.Cl.ClCCl. The van der Waals surface area contributed by atoms with Gasteiger partial charge in [-0.3, -0.25) is 15.0 Å². The number of aromatic nitrogens is 9. The summed E-state index contributed by atoms with van der Waals surface area (Å²) in [5.41, 5.74) is 4.33. The molecule has 9 aromatic rings. The largest absolute Gasteiger partial charge is 0.497 e. The number of rotatable bonds is 14. The van der Waals surface area contributed by atoms with Gasteiger partial charge >= 0.3 is 0 Å². The van der Waals surface area contributed by atoms with E-state index in [1.807, 2.05) is 122 Å². The molecule has 12 rings (SSSR count). The number of alkyl halides is 2. The van der Waals surface area contributed by atoms with Crippen LogP contribution in [0, 0.1) is 0 Å². The first-order valence-electron chi connectivity index (χ1n) is 28.3. The quantitative estimate of drug-likeness (QED) is 0.101. The molecule has 3 aliphatic rings. The lowest BCUT2D eigenvalue weighted by atomic mass is 10.2. The Hall–Kier alpha value is -8.06. The van der Waals surface area contributed by atoms with E-state index in [9.17, 15) is 0 Å². The van der Waals surface area contributed by atoms with Crippen molar-refractivity contribution < 1.29 is 28.4 Å². The van der Waals surface area contributed by atoms with E-state index in [1.54, 1.807) is 64.7 Å². The summed E-state index contributed by atoms with van der Waals surface area (Å²) in [6, 6.07) is 33.6. The monoisotopic (exact) mass is 1330 g/mol. The van der Waals surface area contributed by atoms with Gasteiger partial charge in [0.05, 0.1) is 43.5 Å². The minimum Gasteiger partial charge on any atom is -0.497 e. The molecule has 3 aliphatic heterocycles. The van der Waals surface area contributed by atoms with Crippen LogP contribution in [-0.2, 0) is 0 Å². The summed E-state index contributed by atoms with van der Waals surface area (Å²) < 4.78 is 34.4. The molecule has 0 aliphatic carbocycles. The van der Waals surface area contributed by atoms with Crippen molar-refractivity contribution in [3.63, 3.8) is 0 Å². The third-order valence-electron chi connectivity index (χ3n) is 13.8. The van der Waals surface area contributed by atoms with Crippen molar-refractivity contribution in [3.05, 3.63) is 169 Å². The van der Waals surface area contributed by atoms with Crippen molar-refractivity contribution in [3.8, 4) is 86.3 Å². The highest BCUT2D eigenvalue weighted by atomic mass is 79.9. The molecule has 0 unspecified atom stereocenters. The summed E-state index contributed by atoms with van der Waals surface area (Å²) in [5, 5.41) is 3.47. The number of pyridine rings is 3. The Bertz CT molecular complexity index is 3320. The van der Waals surface area contributed by atoms with E-state index in [1.165, 1.54) is 13.1 Å². The van der Waals surface area contributed by atoms with Gasteiger partial charge in [0.25, 0.3) is 0 Å². The van der Waals surface area contributed by atoms with Crippen molar-refractivity contribution in [1.29, 1.82) is 0 Å². The van der Waals surface area contributed by atoms with E-state index in [4.69, 9.17) is 61.6 Å². The van der Waals surface area contributed by atoms with Gasteiger partial charge in [0.1, 0.15) is 45.9 Å². The van der Waals surface area contributed by atoms with Gasteiger partial charge in [-0.05, 0) is 146 Å². The molecule has 0 saturated carbocycles. The van der Waals surface area contributed by atoms with Gasteiger partial charge in [-0.15, -0.1) is 35.6 Å². The second-order valence-corrected chi connectivity index (χ2v) is 21.6. The van der Waals surface area contributed by atoms with E-state index in [2.05, 4.69) is 102 Å². The molecule has 1 N–H and O–H groups in total. The molecule has 89 heavy (non-hydrogen) atoms. The topological polar surface area (TPSA) is 200 Å². The second kappa shape index (κ2) is 36.4. The fourth-order valence-electron chi connectivity index (χ4n) is 8.77. The van der Waals surface area contributed by atoms with Gasteiger partial charge in [0, 0.05) is 139 Å². The zero-order chi connectivity index (χ0) is 61.9. The Morgan fingerprint density at radius 2 is 0.719 bits per heavy atom. The molecule has 9 heterocycles. The van der Waals surface area contributed by atoms with E-state index in [0.717, 1.165) is 111 Å². The summed E-state index contributed by atoms with van der Waals surface area (Å²) in [6.45, 7) is 12.3. The van der Waals surface area contributed by atoms with Crippen molar-refractivity contribution in [2.75, 3.05) is 136 Å². The maximum absolute atomic E-state index is 6.17. The first kappa shape index (κ1) is 68.4. The summed E-state index contributed by atoms with van der Waals surface area (Å²) in [7, 11) is 11.3. The number of benzene rings is 3. The van der Waals surface area contributed by atoms with Crippen LogP contribution in [0.15, 0.2) is 169 Å². The number of piperazine rings is 3. The fraction of sp³-hybridized carbons (Fsp3) is 0.297. The van der Waals surface area contributed by atoms with E-state index >= 15 is 0 Å². The molecule has 25 heteroatoms. The molecule has 468 valence electrons. The van der Waals surface area contributed by atoms with Gasteiger partial charge in [-0.25, -0.2) is 15.0 Å². The molecule has 3 saturated heterocycles. The summed E-state index contributed by atoms with van der Waals surface area (Å²) >= 11 is 12.9. The normalized spacial score (nSPS) is 14.0. The lowest BCUT2D eigenvalue weighted by molar-refractivity contribution is 0.291. The Morgan fingerprint density at radius 3 is 1.02 bits per heavy atom. The van der Waals surface area contributed by atoms with Crippen LogP contribution < -0.4 is 43.5 Å². The van der Waals surface area contributed by atoms with E-state index in [-0.39, 0.29) is 17.7 Å². The van der Waals surface area contributed by atoms with E-state index in [0.29, 0.717) is 56.8 Å². The summed E-state index contributed by atoms with van der Waals surface area (Å²) in [5.74, 6) is 7.67. The molecule has 0 amide bonds. The molecule has 0 radical (unpaired) electrons. The Morgan fingerprint density at radius 1 is 0.416 bits per heavy atom. The smallest absolute Gasteiger partial charge is 0.246 e. The molecule has 3 aromatic carbocycles. The van der Waals surface area contributed by atoms with Crippen molar-refractivity contribution in [1.82, 2.24) is 64.9 Å². The minimum atomic E-state index is 0. The first-order valence-corrected chi connectivity index (χ1v) is 30.2. The summed E-state index contributed by atoms with van der Waals surface area (Å²) in [6.07, 6.45) is 15.7. The molecule has 0 atom stereocenters. The molecule has 6 aromatic heterocycles. The van der Waals surface area contributed by atoms with E-state index < -0.39 is 0 Å². The second-order valence-electron chi connectivity index (χ2n) is 19.9. The Labute approximate surface area is 544 Å². The van der Waals surface area contributed by atoms with Crippen LogP contribution in [0.5, 0.6) is 52.1 Å². The summed E-state index contributed by atoms with van der Waals surface area (Å²) in [4.78, 5) is 51.2. The number of nitrogens with one attached hydrogen (secondary N) is 1. The number of hydrogen-bond acceptors (Lipinski definition) is 21. The van der Waals surface area contributed by atoms with Crippen LogP contribution in [0.2, 0.25) is 0 Å². The number of halogens is 4. The lowest BCUT2D eigenvalue weighted by Gasteiger charge is -2.34. The van der Waals surface area contributed by atoms with Gasteiger partial charge < -0.3 is 58.2 Å². The molecular formula is C64H73BrCl3N15O6. The average Bonchev–Trinajstić information content (AvgIpc) is 3.56. The highest BCUT2D eigenvalue weighted by Gasteiger charge is 2.23. The van der Waals surface area contributed by atoms with Crippen molar-refractivity contribution in [2.24, 2.45) is 0 Å². The predicted octanol–water partition coefficient (Wildman–Crippen LogP) is 11.6. The van der Waals surface area contributed by atoms with Crippen LogP contribution in [0.1, 0.15) is 0 Å². The third-order valence-corrected chi connectivity index (χ3v) is 14.3. The number of ether oxygens (including phenoxy) is 6. The van der Waals surface area contributed by atoms with Gasteiger partial charge in [0.2, 0.25) is 17.6 Å². The van der Waals surface area contributed by atoms with Crippen molar-refractivity contribution >= 4 is 62.9 Å². The van der Waals surface area contributed by atoms with Crippen LogP contribution in [0.3, 0.4) is 0 Å². The number of likely N-dealkylation sites (N-methyl/N-ethyl adjacent to an activating group) is 3. The molecular weight excluding hydrogens is 1260 g/mol. The molecule has 3 fully saturated rings. The molecule has 0 spiro atoms. The van der Waals surface area contributed by atoms with Gasteiger partial charge in [-0.2, -0.15) is 15.0 Å². The Kier molecular flexibility index (Phi) is 28.0. The number of nitrogens with zero attached hydrogens (tertiary/aromatic N) is 14. The standard InChI is InChI=1S/2C21H23N5O2.C16H12BrN3O2.C5H12N2.CH2Cl2.ClH/c2*1-25-10-12-26(13-11-25)19-15-23-20(16-4-3-9-22-14-16)24-21(19)28-18-7-5-17(27-2)6-8-18;1-21-12-4-6-13(7-5-12)22-16-14(17)10-19-15(20-16)11-3-2-8-18-9-11;1-7-4-2-6-3-5-7;2-1-3;/h2*3-9,14-15H,10-13H2,1-2H3;2-10H,1H3;6H,2-5H2,1H3;1H2;1H. The van der Waals surface area contributed by atoms with Crippen LogP contribution in [-0.4, -0.2) is 186 Å². The van der Waals surface area contributed by atoms with Crippen LogP contribution in [0.4, 0.5) is 11.4 Å². The zero-order valence-electron chi connectivity index (χ0n) is 50.5.